The summed E-state index contributed by atoms with van der Waals surface area (Å²) in [5.74, 6) is -2.76. The van der Waals surface area contributed by atoms with E-state index in [1.807, 2.05) is 0 Å². The lowest BCUT2D eigenvalue weighted by Gasteiger charge is -2.19. The third-order valence-corrected chi connectivity index (χ3v) is 2.57. The molecule has 1 aromatic rings. The Morgan fingerprint density at radius 1 is 1.35 bits per heavy atom. The molecule has 0 amide bonds. The molecule has 0 fully saturated rings. The van der Waals surface area contributed by atoms with Crippen molar-refractivity contribution in [2.45, 2.75) is 6.18 Å². The van der Waals surface area contributed by atoms with Crippen molar-refractivity contribution >= 4 is 15.9 Å². The molecular formula is C10H10BrF4NO. The van der Waals surface area contributed by atoms with Gasteiger partial charge in [-0.2, -0.15) is 13.2 Å². The SMILES string of the molecule is NCC(COc1cc(Br)ccc1F)C(F)(F)F. The van der Waals surface area contributed by atoms with Crippen LogP contribution in [0.2, 0.25) is 0 Å². The highest BCUT2D eigenvalue weighted by Gasteiger charge is 2.39. The average molecular weight is 316 g/mol. The fourth-order valence-corrected chi connectivity index (χ4v) is 1.41. The van der Waals surface area contributed by atoms with Gasteiger partial charge in [0.2, 0.25) is 0 Å². The van der Waals surface area contributed by atoms with E-state index in [0.717, 1.165) is 6.07 Å². The Kier molecular flexibility index (Phi) is 4.76. The van der Waals surface area contributed by atoms with E-state index in [1.165, 1.54) is 12.1 Å². The molecule has 1 unspecified atom stereocenters. The van der Waals surface area contributed by atoms with E-state index in [2.05, 4.69) is 15.9 Å². The van der Waals surface area contributed by atoms with Crippen molar-refractivity contribution in [1.29, 1.82) is 0 Å². The molecule has 0 saturated heterocycles. The zero-order chi connectivity index (χ0) is 13.1. The molecule has 0 spiro atoms. The van der Waals surface area contributed by atoms with Gasteiger partial charge in [-0.25, -0.2) is 4.39 Å². The average Bonchev–Trinajstić information content (AvgIpc) is 2.22. The third-order valence-electron chi connectivity index (χ3n) is 2.08. The Morgan fingerprint density at radius 3 is 2.53 bits per heavy atom. The van der Waals surface area contributed by atoms with Crippen molar-refractivity contribution in [2.24, 2.45) is 11.7 Å². The topological polar surface area (TPSA) is 35.2 Å². The first-order valence-corrected chi connectivity index (χ1v) is 5.48. The molecular weight excluding hydrogens is 306 g/mol. The number of benzene rings is 1. The van der Waals surface area contributed by atoms with E-state index in [-0.39, 0.29) is 5.75 Å². The van der Waals surface area contributed by atoms with Gasteiger partial charge < -0.3 is 10.5 Å². The zero-order valence-corrected chi connectivity index (χ0v) is 10.2. The number of hydrogen-bond acceptors (Lipinski definition) is 2. The van der Waals surface area contributed by atoms with Gasteiger partial charge in [-0.05, 0) is 18.2 Å². The third kappa shape index (κ3) is 4.16. The second-order valence-electron chi connectivity index (χ2n) is 3.36. The summed E-state index contributed by atoms with van der Waals surface area (Å²) in [6, 6.07) is 3.79. The maximum Gasteiger partial charge on any atom is 0.396 e. The molecule has 2 nitrogen and oxygen atoms in total. The van der Waals surface area contributed by atoms with E-state index < -0.39 is 31.1 Å². The van der Waals surface area contributed by atoms with Gasteiger partial charge in [0.05, 0.1) is 0 Å². The van der Waals surface area contributed by atoms with E-state index in [1.54, 1.807) is 0 Å². The Balaban J connectivity index is 2.69. The highest BCUT2D eigenvalue weighted by atomic mass is 79.9. The monoisotopic (exact) mass is 315 g/mol. The van der Waals surface area contributed by atoms with Crippen LogP contribution >= 0.6 is 15.9 Å². The molecule has 1 aromatic carbocycles. The van der Waals surface area contributed by atoms with E-state index in [9.17, 15) is 17.6 Å². The number of rotatable bonds is 4. The van der Waals surface area contributed by atoms with Crippen molar-refractivity contribution in [3.05, 3.63) is 28.5 Å². The predicted octanol–water partition coefficient (Wildman–Crippen LogP) is 3.10. The predicted molar refractivity (Wildman–Crippen MR) is 58.2 cm³/mol. The fourth-order valence-electron chi connectivity index (χ4n) is 1.07. The molecule has 2 N–H and O–H groups in total. The molecule has 17 heavy (non-hydrogen) atoms. The van der Waals surface area contributed by atoms with Crippen molar-refractivity contribution in [3.63, 3.8) is 0 Å². The summed E-state index contributed by atoms with van der Waals surface area (Å²) in [5, 5.41) is 0. The number of halogens is 5. The minimum Gasteiger partial charge on any atom is -0.490 e. The van der Waals surface area contributed by atoms with E-state index in [4.69, 9.17) is 10.5 Å². The second-order valence-corrected chi connectivity index (χ2v) is 4.28. The van der Waals surface area contributed by atoms with E-state index in [0.29, 0.717) is 4.47 Å². The fraction of sp³-hybridized carbons (Fsp3) is 0.400. The molecule has 0 aromatic heterocycles. The first kappa shape index (κ1) is 14.2. The Labute approximate surface area is 104 Å². The maximum atomic E-state index is 13.2. The summed E-state index contributed by atoms with van der Waals surface area (Å²) in [4.78, 5) is 0. The maximum absolute atomic E-state index is 13.2. The van der Waals surface area contributed by atoms with Crippen LogP contribution in [0, 0.1) is 11.7 Å². The molecule has 1 atom stereocenters. The summed E-state index contributed by atoms with van der Waals surface area (Å²) in [6.45, 7) is -1.30. The summed E-state index contributed by atoms with van der Waals surface area (Å²) < 4.78 is 55.5. The van der Waals surface area contributed by atoms with Crippen LogP contribution in [0.5, 0.6) is 5.75 Å². The van der Waals surface area contributed by atoms with Crippen LogP contribution in [0.25, 0.3) is 0 Å². The van der Waals surface area contributed by atoms with Gasteiger partial charge in [-0.15, -0.1) is 0 Å². The largest absolute Gasteiger partial charge is 0.490 e. The lowest BCUT2D eigenvalue weighted by molar-refractivity contribution is -0.178. The highest BCUT2D eigenvalue weighted by Crippen LogP contribution is 2.28. The second kappa shape index (κ2) is 5.68. The van der Waals surface area contributed by atoms with Crippen LogP contribution in [0.4, 0.5) is 17.6 Å². The molecule has 0 aliphatic rings. The summed E-state index contributed by atoms with van der Waals surface area (Å²) >= 11 is 3.07. The van der Waals surface area contributed by atoms with Crippen molar-refractivity contribution in [2.75, 3.05) is 13.2 Å². The van der Waals surface area contributed by atoms with Gasteiger partial charge in [0.1, 0.15) is 12.5 Å². The highest BCUT2D eigenvalue weighted by molar-refractivity contribution is 9.10. The minimum absolute atomic E-state index is 0.234. The van der Waals surface area contributed by atoms with Gasteiger partial charge >= 0.3 is 6.18 Å². The molecule has 0 aliphatic heterocycles. The lowest BCUT2D eigenvalue weighted by Crippen LogP contribution is -2.35. The molecule has 1 rings (SSSR count). The molecule has 0 radical (unpaired) electrons. The van der Waals surface area contributed by atoms with Crippen LogP contribution in [0.1, 0.15) is 0 Å². The Bertz CT molecular complexity index is 383. The van der Waals surface area contributed by atoms with Crippen LogP contribution in [-0.4, -0.2) is 19.3 Å². The van der Waals surface area contributed by atoms with Gasteiger partial charge in [0.15, 0.2) is 11.6 Å². The van der Waals surface area contributed by atoms with Gasteiger partial charge in [0.25, 0.3) is 0 Å². The standard InChI is InChI=1S/C10H10BrF4NO/c11-7-1-2-8(12)9(3-7)17-5-6(4-16)10(13,14)15/h1-3,6H,4-5,16H2. The van der Waals surface area contributed by atoms with Gasteiger partial charge in [-0.1, -0.05) is 15.9 Å². The quantitative estimate of drug-likeness (QED) is 0.867. The summed E-state index contributed by atoms with van der Waals surface area (Å²) in [5.41, 5.74) is 4.99. The molecule has 0 aliphatic carbocycles. The number of hydrogen-bond donors (Lipinski definition) is 1. The normalized spacial score (nSPS) is 13.5. The van der Waals surface area contributed by atoms with Crippen molar-refractivity contribution < 1.29 is 22.3 Å². The van der Waals surface area contributed by atoms with Crippen molar-refractivity contribution in [1.82, 2.24) is 0 Å². The zero-order valence-electron chi connectivity index (χ0n) is 8.60. The molecule has 7 heteroatoms. The summed E-state index contributed by atoms with van der Waals surface area (Å²) in [7, 11) is 0. The van der Waals surface area contributed by atoms with E-state index >= 15 is 0 Å². The van der Waals surface area contributed by atoms with Crippen LogP contribution in [0.3, 0.4) is 0 Å². The number of nitrogens with two attached hydrogens (primary N) is 1. The molecule has 0 bridgehead atoms. The minimum atomic E-state index is -4.45. The Hall–Kier alpha value is -0.820. The van der Waals surface area contributed by atoms with Gasteiger partial charge in [0, 0.05) is 11.0 Å². The first-order chi connectivity index (χ1) is 7.84. The first-order valence-electron chi connectivity index (χ1n) is 4.69. The van der Waals surface area contributed by atoms with Crippen molar-refractivity contribution in [3.8, 4) is 5.75 Å². The molecule has 0 heterocycles. The smallest absolute Gasteiger partial charge is 0.396 e. The van der Waals surface area contributed by atoms with Gasteiger partial charge in [-0.3, -0.25) is 0 Å². The van der Waals surface area contributed by atoms with Crippen LogP contribution in [0.15, 0.2) is 22.7 Å². The van der Waals surface area contributed by atoms with Crippen LogP contribution < -0.4 is 10.5 Å². The molecule has 0 saturated carbocycles. The van der Waals surface area contributed by atoms with Crippen LogP contribution in [-0.2, 0) is 0 Å². The lowest BCUT2D eigenvalue weighted by atomic mass is 10.1. The number of ether oxygens (including phenoxy) is 1. The number of alkyl halides is 3. The summed E-state index contributed by atoms with van der Waals surface area (Å²) in [6.07, 6.45) is -4.45. The molecule has 96 valence electrons. The Morgan fingerprint density at radius 2 is 2.00 bits per heavy atom.